The van der Waals surface area contributed by atoms with Gasteiger partial charge >= 0.3 is 6.18 Å². The first-order chi connectivity index (χ1) is 8.24. The maximum Gasteiger partial charge on any atom is 0.405 e. The van der Waals surface area contributed by atoms with Crippen LogP contribution in [-0.4, -0.2) is 43.2 Å². The molecule has 0 aromatic rings. The zero-order chi connectivity index (χ0) is 14.2. The smallest absolute Gasteiger partial charge is 0.346 e. The molecule has 0 saturated carbocycles. The Hall–Kier alpha value is -1.29. The molecule has 0 spiro atoms. The van der Waals surface area contributed by atoms with Crippen LogP contribution in [0.2, 0.25) is 0 Å². The number of carbonyl (C=O) groups excluding carboxylic acids is 1. The van der Waals surface area contributed by atoms with Crippen molar-refractivity contribution in [3.8, 4) is 6.07 Å². The lowest BCUT2D eigenvalue weighted by atomic mass is 10.2. The lowest BCUT2D eigenvalue weighted by Gasteiger charge is -2.22. The van der Waals surface area contributed by atoms with Gasteiger partial charge in [0, 0.05) is 19.5 Å². The number of alkyl halides is 3. The van der Waals surface area contributed by atoms with Gasteiger partial charge in [0.25, 0.3) is 0 Å². The van der Waals surface area contributed by atoms with E-state index in [1.165, 1.54) is 0 Å². The third-order valence-electron chi connectivity index (χ3n) is 2.02. The molecule has 0 aliphatic carbocycles. The number of hydrogen-bond donors (Lipinski definition) is 1. The van der Waals surface area contributed by atoms with Gasteiger partial charge < -0.3 is 5.32 Å². The molecule has 0 saturated heterocycles. The lowest BCUT2D eigenvalue weighted by Crippen LogP contribution is -2.42. The molecule has 1 N–H and O–H groups in total. The molecule has 4 nitrogen and oxygen atoms in total. The van der Waals surface area contributed by atoms with E-state index in [-0.39, 0.29) is 18.9 Å². The summed E-state index contributed by atoms with van der Waals surface area (Å²) < 4.78 is 35.7. The van der Waals surface area contributed by atoms with Gasteiger partial charge in [0.1, 0.15) is 6.54 Å². The number of nitriles is 1. The van der Waals surface area contributed by atoms with Gasteiger partial charge in [-0.3, -0.25) is 9.69 Å². The van der Waals surface area contributed by atoms with E-state index < -0.39 is 18.6 Å². The fourth-order valence-electron chi connectivity index (χ4n) is 1.42. The molecule has 0 radical (unpaired) electrons. The molecule has 0 aliphatic rings. The first-order valence-electron chi connectivity index (χ1n) is 5.67. The van der Waals surface area contributed by atoms with Gasteiger partial charge in [-0.15, -0.1) is 0 Å². The van der Waals surface area contributed by atoms with Crippen LogP contribution in [0.15, 0.2) is 0 Å². The zero-order valence-electron chi connectivity index (χ0n) is 10.5. The van der Waals surface area contributed by atoms with Crippen LogP contribution in [0, 0.1) is 17.2 Å². The third kappa shape index (κ3) is 9.90. The first-order valence-corrected chi connectivity index (χ1v) is 5.67. The fourth-order valence-corrected chi connectivity index (χ4v) is 1.42. The minimum atomic E-state index is -4.40. The SMILES string of the molecule is CC(C)CN(CCC#N)CC(=O)NCC(F)(F)F. The Bertz CT molecular complexity index is 297. The topological polar surface area (TPSA) is 56.1 Å². The van der Waals surface area contributed by atoms with Gasteiger partial charge in [-0.2, -0.15) is 18.4 Å². The van der Waals surface area contributed by atoms with Crippen molar-refractivity contribution < 1.29 is 18.0 Å². The van der Waals surface area contributed by atoms with Crippen LogP contribution in [-0.2, 0) is 4.79 Å². The van der Waals surface area contributed by atoms with Crippen molar-refractivity contribution in [1.29, 1.82) is 5.26 Å². The Morgan fingerprint density at radius 3 is 2.50 bits per heavy atom. The molecular weight excluding hydrogens is 247 g/mol. The highest BCUT2D eigenvalue weighted by molar-refractivity contribution is 5.78. The quantitative estimate of drug-likeness (QED) is 0.759. The van der Waals surface area contributed by atoms with E-state index in [0.717, 1.165) is 0 Å². The van der Waals surface area contributed by atoms with E-state index in [1.807, 2.05) is 25.2 Å². The second-order valence-corrected chi connectivity index (χ2v) is 4.43. The van der Waals surface area contributed by atoms with Crippen LogP contribution < -0.4 is 5.32 Å². The molecule has 104 valence electrons. The number of nitrogens with zero attached hydrogens (tertiary/aromatic N) is 2. The summed E-state index contributed by atoms with van der Waals surface area (Å²) in [6.07, 6.45) is -4.15. The van der Waals surface area contributed by atoms with Gasteiger partial charge in [0.15, 0.2) is 0 Å². The molecule has 0 unspecified atom stereocenters. The number of rotatable bonds is 7. The molecule has 0 rings (SSSR count). The van der Waals surface area contributed by atoms with Crippen molar-refractivity contribution in [3.05, 3.63) is 0 Å². The van der Waals surface area contributed by atoms with Crippen LogP contribution in [0.5, 0.6) is 0 Å². The minimum Gasteiger partial charge on any atom is -0.346 e. The highest BCUT2D eigenvalue weighted by Gasteiger charge is 2.27. The van der Waals surface area contributed by atoms with Gasteiger partial charge in [-0.1, -0.05) is 13.8 Å². The lowest BCUT2D eigenvalue weighted by molar-refractivity contribution is -0.139. The molecule has 18 heavy (non-hydrogen) atoms. The fraction of sp³-hybridized carbons (Fsp3) is 0.818. The second-order valence-electron chi connectivity index (χ2n) is 4.43. The normalized spacial score (nSPS) is 11.7. The van der Waals surface area contributed by atoms with Crippen LogP contribution in [0.4, 0.5) is 13.2 Å². The highest BCUT2D eigenvalue weighted by atomic mass is 19.4. The summed E-state index contributed by atoms with van der Waals surface area (Å²) >= 11 is 0. The van der Waals surface area contributed by atoms with Gasteiger partial charge in [-0.25, -0.2) is 0 Å². The van der Waals surface area contributed by atoms with E-state index in [2.05, 4.69) is 0 Å². The molecule has 1 amide bonds. The third-order valence-corrected chi connectivity index (χ3v) is 2.02. The van der Waals surface area contributed by atoms with E-state index in [9.17, 15) is 18.0 Å². The summed E-state index contributed by atoms with van der Waals surface area (Å²) in [6, 6.07) is 1.95. The van der Waals surface area contributed by atoms with E-state index >= 15 is 0 Å². The Labute approximate surface area is 105 Å². The van der Waals surface area contributed by atoms with Crippen LogP contribution in [0.25, 0.3) is 0 Å². The Kier molecular flexibility index (Phi) is 7.36. The maximum absolute atomic E-state index is 11.9. The average molecular weight is 265 g/mol. The largest absolute Gasteiger partial charge is 0.405 e. The number of hydrogen-bond acceptors (Lipinski definition) is 3. The predicted octanol–water partition coefficient (Wildman–Crippen LogP) is 1.54. The average Bonchev–Trinajstić information content (AvgIpc) is 2.21. The summed E-state index contributed by atoms with van der Waals surface area (Å²) in [4.78, 5) is 13.0. The Balaban J connectivity index is 4.14. The van der Waals surface area contributed by atoms with Crippen molar-refractivity contribution >= 4 is 5.91 Å². The summed E-state index contributed by atoms with van der Waals surface area (Å²) in [6.45, 7) is 3.39. The summed E-state index contributed by atoms with van der Waals surface area (Å²) in [5, 5.41) is 10.3. The van der Waals surface area contributed by atoms with E-state index in [0.29, 0.717) is 13.1 Å². The van der Waals surface area contributed by atoms with Gasteiger partial charge in [-0.05, 0) is 5.92 Å². The first kappa shape index (κ1) is 16.7. The Morgan fingerprint density at radius 1 is 1.44 bits per heavy atom. The van der Waals surface area contributed by atoms with Gasteiger partial charge in [0.05, 0.1) is 12.6 Å². The predicted molar refractivity (Wildman–Crippen MR) is 60.6 cm³/mol. The van der Waals surface area contributed by atoms with Crippen LogP contribution in [0.1, 0.15) is 20.3 Å². The summed E-state index contributed by atoms with van der Waals surface area (Å²) in [7, 11) is 0. The maximum atomic E-state index is 11.9. The standard InChI is InChI=1S/C11H18F3N3O/c1-9(2)6-17(5-3-4-15)7-10(18)16-8-11(12,13)14/h9H,3,5-8H2,1-2H3,(H,16,18). The molecule has 0 aromatic carbocycles. The van der Waals surface area contributed by atoms with Crippen molar-refractivity contribution in [2.75, 3.05) is 26.2 Å². The molecule has 0 heterocycles. The molecule has 0 atom stereocenters. The second kappa shape index (κ2) is 7.93. The number of carbonyl (C=O) groups is 1. The highest BCUT2D eigenvalue weighted by Crippen LogP contribution is 2.12. The van der Waals surface area contributed by atoms with Crippen LogP contribution in [0.3, 0.4) is 0 Å². The molecule has 7 heteroatoms. The molecular formula is C11H18F3N3O. The van der Waals surface area contributed by atoms with Gasteiger partial charge in [0.2, 0.25) is 5.91 Å². The molecule has 0 aliphatic heterocycles. The monoisotopic (exact) mass is 265 g/mol. The molecule has 0 fully saturated rings. The van der Waals surface area contributed by atoms with E-state index in [1.54, 1.807) is 4.90 Å². The number of nitrogens with one attached hydrogen (secondary N) is 1. The number of halogens is 3. The van der Waals surface area contributed by atoms with Crippen molar-refractivity contribution in [1.82, 2.24) is 10.2 Å². The van der Waals surface area contributed by atoms with Crippen molar-refractivity contribution in [3.63, 3.8) is 0 Å². The zero-order valence-corrected chi connectivity index (χ0v) is 10.5. The Morgan fingerprint density at radius 2 is 2.06 bits per heavy atom. The number of amides is 1. The molecule has 0 aromatic heterocycles. The summed E-state index contributed by atoms with van der Waals surface area (Å²) in [5.74, 6) is -0.398. The van der Waals surface area contributed by atoms with Crippen molar-refractivity contribution in [2.24, 2.45) is 5.92 Å². The van der Waals surface area contributed by atoms with E-state index in [4.69, 9.17) is 5.26 Å². The minimum absolute atomic E-state index is 0.115. The summed E-state index contributed by atoms with van der Waals surface area (Å²) in [5.41, 5.74) is 0. The molecule has 0 bridgehead atoms. The van der Waals surface area contributed by atoms with Crippen molar-refractivity contribution in [2.45, 2.75) is 26.4 Å². The van der Waals surface area contributed by atoms with Crippen LogP contribution >= 0.6 is 0 Å².